The van der Waals surface area contributed by atoms with Crippen LogP contribution in [-0.4, -0.2) is 35.0 Å². The van der Waals surface area contributed by atoms with E-state index in [9.17, 15) is 9.59 Å². The molecule has 0 aliphatic carbocycles. The number of nitrogens with one attached hydrogen (secondary N) is 1. The van der Waals surface area contributed by atoms with Gasteiger partial charge in [0.2, 0.25) is 11.8 Å². The Morgan fingerprint density at radius 1 is 1.38 bits per heavy atom. The Labute approximate surface area is 145 Å². The largest absolute Gasteiger partial charge is 0.360 e. The Kier molecular flexibility index (Phi) is 7.45. The molecule has 24 heavy (non-hydrogen) atoms. The summed E-state index contributed by atoms with van der Waals surface area (Å²) in [6.07, 6.45) is 2.26. The molecule has 1 unspecified atom stereocenters. The third kappa shape index (κ3) is 7.62. The van der Waals surface area contributed by atoms with Crippen LogP contribution in [0.15, 0.2) is 10.6 Å². The molecule has 0 aromatic carbocycles. The monoisotopic (exact) mass is 337 g/mol. The van der Waals surface area contributed by atoms with Gasteiger partial charge in [0, 0.05) is 19.0 Å². The molecule has 1 aromatic rings. The van der Waals surface area contributed by atoms with Crippen LogP contribution >= 0.6 is 0 Å². The SMILES string of the molecule is CCCN(CC(=O)Nc1cc(C)on1)C(=O)CC(C)CC(C)(C)C. The second-order valence-corrected chi connectivity index (χ2v) is 7.76. The number of amides is 2. The molecule has 136 valence electrons. The number of aromatic nitrogens is 1. The van der Waals surface area contributed by atoms with Crippen molar-refractivity contribution >= 4 is 17.6 Å². The summed E-state index contributed by atoms with van der Waals surface area (Å²) < 4.78 is 4.92. The highest BCUT2D eigenvalue weighted by Gasteiger charge is 2.22. The molecule has 0 radical (unpaired) electrons. The van der Waals surface area contributed by atoms with Crippen molar-refractivity contribution in [1.29, 1.82) is 0 Å². The zero-order valence-corrected chi connectivity index (χ0v) is 15.8. The average molecular weight is 337 g/mol. The van der Waals surface area contributed by atoms with E-state index in [2.05, 4.69) is 38.2 Å². The first kappa shape index (κ1) is 20.2. The summed E-state index contributed by atoms with van der Waals surface area (Å²) in [5, 5.41) is 6.39. The Morgan fingerprint density at radius 3 is 2.54 bits per heavy atom. The number of hydrogen-bond donors (Lipinski definition) is 1. The molecule has 1 atom stereocenters. The first-order chi connectivity index (χ1) is 11.1. The molecule has 1 rings (SSSR count). The highest BCUT2D eigenvalue weighted by atomic mass is 16.5. The highest BCUT2D eigenvalue weighted by molar-refractivity contribution is 5.93. The van der Waals surface area contributed by atoms with Gasteiger partial charge in [-0.25, -0.2) is 0 Å². The van der Waals surface area contributed by atoms with Gasteiger partial charge in [-0.05, 0) is 31.1 Å². The first-order valence-corrected chi connectivity index (χ1v) is 8.61. The van der Waals surface area contributed by atoms with Crippen molar-refractivity contribution in [2.24, 2.45) is 11.3 Å². The number of carbonyl (C=O) groups excluding carboxylic acids is 2. The van der Waals surface area contributed by atoms with E-state index in [0.29, 0.717) is 24.5 Å². The highest BCUT2D eigenvalue weighted by Crippen LogP contribution is 2.26. The van der Waals surface area contributed by atoms with Gasteiger partial charge in [0.15, 0.2) is 5.82 Å². The second kappa shape index (κ2) is 8.85. The van der Waals surface area contributed by atoms with E-state index in [1.807, 2.05) is 6.92 Å². The van der Waals surface area contributed by atoms with Gasteiger partial charge in [0.1, 0.15) is 5.76 Å². The summed E-state index contributed by atoms with van der Waals surface area (Å²) in [7, 11) is 0. The minimum atomic E-state index is -0.256. The number of aryl methyl sites for hydroxylation is 1. The van der Waals surface area contributed by atoms with Crippen molar-refractivity contribution in [2.75, 3.05) is 18.4 Å². The molecule has 0 spiro atoms. The Bertz CT molecular complexity index is 546. The predicted molar refractivity (Wildman–Crippen MR) is 94.6 cm³/mol. The lowest BCUT2D eigenvalue weighted by molar-refractivity contribution is -0.135. The van der Waals surface area contributed by atoms with Crippen molar-refractivity contribution < 1.29 is 14.1 Å². The second-order valence-electron chi connectivity index (χ2n) is 7.76. The van der Waals surface area contributed by atoms with Gasteiger partial charge in [-0.3, -0.25) is 9.59 Å². The molecule has 1 heterocycles. The van der Waals surface area contributed by atoms with Gasteiger partial charge in [-0.1, -0.05) is 39.8 Å². The fraction of sp³-hybridized carbons (Fsp3) is 0.722. The normalized spacial score (nSPS) is 12.8. The molecule has 0 saturated heterocycles. The molecule has 1 aromatic heterocycles. The van der Waals surface area contributed by atoms with Crippen LogP contribution in [0, 0.1) is 18.3 Å². The van der Waals surface area contributed by atoms with Crippen LogP contribution in [0.2, 0.25) is 0 Å². The maximum absolute atomic E-state index is 12.5. The lowest BCUT2D eigenvalue weighted by atomic mass is 9.84. The molecule has 0 fully saturated rings. The smallest absolute Gasteiger partial charge is 0.245 e. The number of anilines is 1. The molecule has 6 nitrogen and oxygen atoms in total. The number of nitrogens with zero attached hydrogens (tertiary/aromatic N) is 2. The van der Waals surface area contributed by atoms with Crippen LogP contribution in [0.1, 0.15) is 59.6 Å². The Balaban J connectivity index is 2.58. The van der Waals surface area contributed by atoms with Crippen LogP contribution in [0.4, 0.5) is 5.82 Å². The van der Waals surface area contributed by atoms with E-state index < -0.39 is 0 Å². The van der Waals surface area contributed by atoms with Crippen LogP contribution in [-0.2, 0) is 9.59 Å². The van der Waals surface area contributed by atoms with E-state index in [-0.39, 0.29) is 29.7 Å². The Hall–Kier alpha value is -1.85. The lowest BCUT2D eigenvalue weighted by Crippen LogP contribution is -2.39. The minimum Gasteiger partial charge on any atom is -0.360 e. The number of carbonyl (C=O) groups is 2. The van der Waals surface area contributed by atoms with E-state index >= 15 is 0 Å². The number of hydrogen-bond acceptors (Lipinski definition) is 4. The topological polar surface area (TPSA) is 75.4 Å². The van der Waals surface area contributed by atoms with Gasteiger partial charge in [0.25, 0.3) is 0 Å². The summed E-state index contributed by atoms with van der Waals surface area (Å²) in [6.45, 7) is 13.0. The van der Waals surface area contributed by atoms with Crippen LogP contribution < -0.4 is 5.32 Å². The summed E-state index contributed by atoms with van der Waals surface area (Å²) >= 11 is 0. The molecule has 2 amide bonds. The summed E-state index contributed by atoms with van der Waals surface area (Å²) in [4.78, 5) is 26.3. The molecule has 0 bridgehead atoms. The fourth-order valence-corrected chi connectivity index (χ4v) is 2.89. The van der Waals surface area contributed by atoms with Gasteiger partial charge < -0.3 is 14.7 Å². The van der Waals surface area contributed by atoms with E-state index in [0.717, 1.165) is 12.8 Å². The summed E-state index contributed by atoms with van der Waals surface area (Å²) in [6, 6.07) is 1.65. The molecule has 1 N–H and O–H groups in total. The standard InChI is InChI=1S/C18H31N3O3/c1-7-8-21(17(23)9-13(2)11-18(4,5)6)12-16(22)19-15-10-14(3)24-20-15/h10,13H,7-9,11-12H2,1-6H3,(H,19,20,22). The van der Waals surface area contributed by atoms with E-state index in [1.165, 1.54) is 0 Å². The lowest BCUT2D eigenvalue weighted by Gasteiger charge is -2.26. The molecule has 0 saturated carbocycles. The maximum atomic E-state index is 12.5. The van der Waals surface area contributed by atoms with Crippen LogP contribution in [0.3, 0.4) is 0 Å². The quantitative estimate of drug-likeness (QED) is 0.786. The van der Waals surface area contributed by atoms with Crippen molar-refractivity contribution in [3.8, 4) is 0 Å². The van der Waals surface area contributed by atoms with Crippen LogP contribution in [0.5, 0.6) is 0 Å². The van der Waals surface area contributed by atoms with Crippen molar-refractivity contribution in [1.82, 2.24) is 10.1 Å². The summed E-state index contributed by atoms with van der Waals surface area (Å²) in [5.74, 6) is 1.07. The Morgan fingerprint density at radius 2 is 2.04 bits per heavy atom. The summed E-state index contributed by atoms with van der Waals surface area (Å²) in [5.41, 5.74) is 0.192. The molecular formula is C18H31N3O3. The third-order valence-electron chi connectivity index (χ3n) is 3.56. The number of rotatable bonds is 8. The van der Waals surface area contributed by atoms with E-state index in [1.54, 1.807) is 17.9 Å². The zero-order valence-electron chi connectivity index (χ0n) is 15.8. The third-order valence-corrected chi connectivity index (χ3v) is 3.56. The average Bonchev–Trinajstić information content (AvgIpc) is 2.81. The minimum absolute atomic E-state index is 0.0279. The molecule has 0 aliphatic heterocycles. The predicted octanol–water partition coefficient (Wildman–Crippen LogP) is 3.62. The molecule has 0 aliphatic rings. The van der Waals surface area contributed by atoms with Crippen LogP contribution in [0.25, 0.3) is 0 Å². The van der Waals surface area contributed by atoms with E-state index in [4.69, 9.17) is 4.52 Å². The maximum Gasteiger partial charge on any atom is 0.245 e. The fourth-order valence-electron chi connectivity index (χ4n) is 2.89. The van der Waals surface area contributed by atoms with Gasteiger partial charge >= 0.3 is 0 Å². The zero-order chi connectivity index (χ0) is 18.3. The first-order valence-electron chi connectivity index (χ1n) is 8.61. The molecule has 6 heteroatoms. The van der Waals surface area contributed by atoms with Crippen molar-refractivity contribution in [3.63, 3.8) is 0 Å². The molecular weight excluding hydrogens is 306 g/mol. The van der Waals surface area contributed by atoms with Gasteiger partial charge in [0.05, 0.1) is 6.54 Å². The van der Waals surface area contributed by atoms with Crippen molar-refractivity contribution in [2.45, 2.75) is 60.8 Å². The van der Waals surface area contributed by atoms with Gasteiger partial charge in [-0.2, -0.15) is 0 Å². The van der Waals surface area contributed by atoms with Crippen molar-refractivity contribution in [3.05, 3.63) is 11.8 Å². The van der Waals surface area contributed by atoms with Gasteiger partial charge in [-0.15, -0.1) is 0 Å².